The lowest BCUT2D eigenvalue weighted by atomic mass is 10.00. The van der Waals surface area contributed by atoms with Crippen LogP contribution in [-0.4, -0.2) is 34.8 Å². The van der Waals surface area contributed by atoms with E-state index in [1.165, 1.54) is 11.1 Å². The largest absolute Gasteiger partial charge is 0.396 e. The Bertz CT molecular complexity index is 735. The second-order valence-corrected chi connectivity index (χ2v) is 7.15. The summed E-state index contributed by atoms with van der Waals surface area (Å²) in [4.78, 5) is 11.7. The van der Waals surface area contributed by atoms with Crippen LogP contribution in [0.4, 0.5) is 11.6 Å². The van der Waals surface area contributed by atoms with Crippen LogP contribution < -0.4 is 10.2 Å². The number of hydrogen-bond donors (Lipinski definition) is 2. The van der Waals surface area contributed by atoms with E-state index in [0.29, 0.717) is 13.0 Å². The summed E-state index contributed by atoms with van der Waals surface area (Å²) < 4.78 is 0. The summed E-state index contributed by atoms with van der Waals surface area (Å²) >= 11 is 6.11. The lowest BCUT2D eigenvalue weighted by molar-refractivity contribution is 0.292. The number of rotatable bonds is 6. The molecule has 0 bridgehead atoms. The molecular weight excluding hydrogens is 336 g/mol. The molecule has 1 aliphatic rings. The second-order valence-electron chi connectivity index (χ2n) is 6.71. The van der Waals surface area contributed by atoms with Crippen molar-refractivity contribution in [2.75, 3.05) is 29.9 Å². The minimum Gasteiger partial charge on any atom is -0.396 e. The van der Waals surface area contributed by atoms with Crippen molar-refractivity contribution in [1.29, 1.82) is 0 Å². The van der Waals surface area contributed by atoms with Gasteiger partial charge in [-0.1, -0.05) is 31.5 Å². The van der Waals surface area contributed by atoms with Crippen molar-refractivity contribution in [1.82, 2.24) is 9.97 Å². The molecule has 0 saturated carbocycles. The van der Waals surface area contributed by atoms with Crippen LogP contribution in [0, 0.1) is 0 Å². The maximum absolute atomic E-state index is 8.97. The van der Waals surface area contributed by atoms with Crippen LogP contribution >= 0.6 is 11.6 Å². The Kier molecular flexibility index (Phi) is 5.76. The van der Waals surface area contributed by atoms with Crippen molar-refractivity contribution < 1.29 is 5.11 Å². The highest BCUT2D eigenvalue weighted by molar-refractivity contribution is 6.30. The molecule has 0 aliphatic carbocycles. The van der Waals surface area contributed by atoms with Crippen molar-refractivity contribution in [2.45, 2.75) is 39.2 Å². The first-order valence-corrected chi connectivity index (χ1v) is 9.20. The number of nitrogens with one attached hydrogen (secondary N) is 1. The molecule has 1 aromatic carbocycles. The van der Waals surface area contributed by atoms with Gasteiger partial charge in [-0.3, -0.25) is 0 Å². The Morgan fingerprint density at radius 3 is 2.84 bits per heavy atom. The highest BCUT2D eigenvalue weighted by Gasteiger charge is 2.19. The summed E-state index contributed by atoms with van der Waals surface area (Å²) in [6.07, 6.45) is 1.67. The third-order valence-corrected chi connectivity index (χ3v) is 4.63. The van der Waals surface area contributed by atoms with E-state index in [-0.39, 0.29) is 12.5 Å². The van der Waals surface area contributed by atoms with Crippen molar-refractivity contribution in [3.63, 3.8) is 0 Å². The Morgan fingerprint density at radius 2 is 2.08 bits per heavy atom. The van der Waals surface area contributed by atoms with Crippen LogP contribution in [0.5, 0.6) is 0 Å². The van der Waals surface area contributed by atoms with E-state index < -0.39 is 0 Å². The van der Waals surface area contributed by atoms with Crippen molar-refractivity contribution in [3.05, 3.63) is 46.2 Å². The molecule has 2 N–H and O–H groups in total. The van der Waals surface area contributed by atoms with Crippen LogP contribution in [0.1, 0.15) is 43.1 Å². The van der Waals surface area contributed by atoms with E-state index in [1.807, 2.05) is 12.1 Å². The summed E-state index contributed by atoms with van der Waals surface area (Å²) in [6, 6.07) is 8.12. The predicted octanol–water partition coefficient (Wildman–Crippen LogP) is 3.61. The Morgan fingerprint density at radius 1 is 1.24 bits per heavy atom. The highest BCUT2D eigenvalue weighted by atomic mass is 35.5. The molecule has 5 nitrogen and oxygen atoms in total. The molecule has 0 saturated heterocycles. The molecule has 0 spiro atoms. The van der Waals surface area contributed by atoms with Gasteiger partial charge in [0.2, 0.25) is 0 Å². The number of aromatic nitrogens is 2. The smallest absolute Gasteiger partial charge is 0.135 e. The topological polar surface area (TPSA) is 61.3 Å². The SMILES string of the molecule is CC(C)c1nc(NCCCO)cc(N2CCc3cc(Cl)ccc3C2)n1. The monoisotopic (exact) mass is 360 g/mol. The quantitative estimate of drug-likeness (QED) is 0.770. The first-order chi connectivity index (χ1) is 12.1. The van der Waals surface area contributed by atoms with Crippen LogP contribution in [0.25, 0.3) is 0 Å². The molecular formula is C19H25ClN4O. The van der Waals surface area contributed by atoms with Crippen LogP contribution in [-0.2, 0) is 13.0 Å². The zero-order valence-corrected chi connectivity index (χ0v) is 15.6. The lowest BCUT2D eigenvalue weighted by Crippen LogP contribution is -2.31. The molecule has 3 rings (SSSR count). The fourth-order valence-corrected chi connectivity index (χ4v) is 3.17. The summed E-state index contributed by atoms with van der Waals surface area (Å²) in [5, 5.41) is 13.1. The summed E-state index contributed by atoms with van der Waals surface area (Å²) in [5.41, 5.74) is 2.62. The van der Waals surface area contributed by atoms with Gasteiger partial charge in [0.1, 0.15) is 17.5 Å². The third-order valence-electron chi connectivity index (χ3n) is 4.39. The van der Waals surface area contributed by atoms with Crippen molar-refractivity contribution in [3.8, 4) is 0 Å². The lowest BCUT2D eigenvalue weighted by Gasteiger charge is -2.30. The van der Waals surface area contributed by atoms with Crippen LogP contribution in [0.2, 0.25) is 5.02 Å². The molecule has 0 amide bonds. The first kappa shape index (κ1) is 18.0. The van der Waals surface area contributed by atoms with Gasteiger partial charge in [0.15, 0.2) is 0 Å². The number of aliphatic hydroxyl groups excluding tert-OH is 1. The Hall–Kier alpha value is -1.85. The number of hydrogen-bond acceptors (Lipinski definition) is 5. The number of anilines is 2. The summed E-state index contributed by atoms with van der Waals surface area (Å²) in [7, 11) is 0. The zero-order valence-electron chi connectivity index (χ0n) is 14.8. The summed E-state index contributed by atoms with van der Waals surface area (Å²) in [5.74, 6) is 2.87. The maximum atomic E-state index is 8.97. The Balaban J connectivity index is 1.84. The van der Waals surface area contributed by atoms with Gasteiger partial charge in [0.25, 0.3) is 0 Å². The highest BCUT2D eigenvalue weighted by Crippen LogP contribution is 2.27. The fraction of sp³-hybridized carbons (Fsp3) is 0.474. The number of halogens is 1. The van der Waals surface area contributed by atoms with Crippen molar-refractivity contribution >= 4 is 23.2 Å². The van der Waals surface area contributed by atoms with Gasteiger partial charge in [-0.25, -0.2) is 9.97 Å². The number of aliphatic hydroxyl groups is 1. The molecule has 1 aliphatic heterocycles. The molecule has 2 aromatic rings. The van der Waals surface area contributed by atoms with Gasteiger partial charge in [-0.2, -0.15) is 0 Å². The average Bonchev–Trinajstić information content (AvgIpc) is 2.61. The molecule has 25 heavy (non-hydrogen) atoms. The predicted molar refractivity (Wildman–Crippen MR) is 103 cm³/mol. The van der Waals surface area contributed by atoms with Gasteiger partial charge in [-0.05, 0) is 36.1 Å². The molecule has 0 radical (unpaired) electrons. The van der Waals surface area contributed by atoms with Crippen LogP contribution in [0.15, 0.2) is 24.3 Å². The summed E-state index contributed by atoms with van der Waals surface area (Å²) in [6.45, 7) is 6.82. The van der Waals surface area contributed by atoms with Gasteiger partial charge < -0.3 is 15.3 Å². The third kappa shape index (κ3) is 4.41. The molecule has 0 fully saturated rings. The van der Waals surface area contributed by atoms with E-state index in [1.54, 1.807) is 0 Å². The van der Waals surface area contributed by atoms with Crippen LogP contribution in [0.3, 0.4) is 0 Å². The minimum absolute atomic E-state index is 0.174. The van der Waals surface area contributed by atoms with Gasteiger partial charge >= 0.3 is 0 Å². The minimum atomic E-state index is 0.174. The van der Waals surface area contributed by atoms with Gasteiger partial charge in [-0.15, -0.1) is 0 Å². The van der Waals surface area contributed by atoms with Gasteiger partial charge in [0, 0.05) is 43.2 Å². The molecule has 2 heterocycles. The standard InChI is InChI=1S/C19H25ClN4O/c1-13(2)19-22-17(21-7-3-9-25)11-18(23-19)24-8-6-14-10-16(20)5-4-15(14)12-24/h4-5,10-11,13,25H,3,6-9,12H2,1-2H3,(H,21,22,23). The molecule has 0 atom stereocenters. The normalized spacial score (nSPS) is 13.9. The maximum Gasteiger partial charge on any atom is 0.135 e. The van der Waals surface area contributed by atoms with E-state index in [4.69, 9.17) is 21.7 Å². The molecule has 1 aromatic heterocycles. The van der Waals surface area contributed by atoms with Crippen molar-refractivity contribution in [2.24, 2.45) is 0 Å². The number of benzene rings is 1. The van der Waals surface area contributed by atoms with E-state index in [2.05, 4.69) is 41.2 Å². The fourth-order valence-electron chi connectivity index (χ4n) is 2.98. The zero-order chi connectivity index (χ0) is 17.8. The Labute approximate surface area is 154 Å². The second kappa shape index (κ2) is 8.02. The van der Waals surface area contributed by atoms with E-state index in [0.717, 1.165) is 42.0 Å². The average molecular weight is 361 g/mol. The number of fused-ring (bicyclic) bond motifs is 1. The van der Waals surface area contributed by atoms with E-state index >= 15 is 0 Å². The van der Waals surface area contributed by atoms with E-state index in [9.17, 15) is 0 Å². The molecule has 6 heteroatoms. The molecule has 134 valence electrons. The van der Waals surface area contributed by atoms with Gasteiger partial charge in [0.05, 0.1) is 0 Å². The first-order valence-electron chi connectivity index (χ1n) is 8.83. The molecule has 0 unspecified atom stereocenters. The number of nitrogens with zero attached hydrogens (tertiary/aromatic N) is 3.